The van der Waals surface area contributed by atoms with E-state index in [1.54, 1.807) is 0 Å². The zero-order chi connectivity index (χ0) is 13.5. The van der Waals surface area contributed by atoms with Crippen LogP contribution in [0.2, 0.25) is 0 Å². The van der Waals surface area contributed by atoms with Gasteiger partial charge in [0.15, 0.2) is 0 Å². The molecule has 0 aromatic heterocycles. The Bertz CT molecular complexity index is 354. The molecule has 0 aliphatic carbocycles. The number of aliphatic hydroxyl groups is 1. The van der Waals surface area contributed by atoms with Crippen molar-refractivity contribution in [2.75, 3.05) is 6.54 Å². The number of aliphatic hydroxyl groups excluding tert-OH is 1. The van der Waals surface area contributed by atoms with Crippen molar-refractivity contribution in [3.8, 4) is 0 Å². The van der Waals surface area contributed by atoms with Gasteiger partial charge in [0, 0.05) is 6.04 Å². The lowest BCUT2D eigenvalue weighted by Gasteiger charge is -2.18. The molecule has 2 heteroatoms. The molecule has 19 heavy (non-hydrogen) atoms. The highest BCUT2D eigenvalue weighted by Crippen LogP contribution is 2.23. The van der Waals surface area contributed by atoms with Crippen LogP contribution in [0.1, 0.15) is 62.7 Å². The lowest BCUT2D eigenvalue weighted by atomic mass is 9.98. The maximum absolute atomic E-state index is 10.3. The van der Waals surface area contributed by atoms with Crippen LogP contribution in [0.4, 0.5) is 0 Å². The van der Waals surface area contributed by atoms with Gasteiger partial charge < -0.3 is 10.4 Å². The van der Waals surface area contributed by atoms with Crippen LogP contribution in [-0.2, 0) is 6.42 Å². The molecule has 2 N–H and O–H groups in total. The van der Waals surface area contributed by atoms with Crippen molar-refractivity contribution in [1.29, 1.82) is 0 Å². The second-order valence-electron chi connectivity index (χ2n) is 5.70. The molecule has 0 saturated carbocycles. The molecular weight excluding hydrogens is 234 g/mol. The highest BCUT2D eigenvalue weighted by molar-refractivity contribution is 5.25. The Hall–Kier alpha value is -0.860. The van der Waals surface area contributed by atoms with Crippen LogP contribution >= 0.6 is 0 Å². The topological polar surface area (TPSA) is 32.3 Å². The Labute approximate surface area is 117 Å². The second kappa shape index (κ2) is 7.66. The van der Waals surface area contributed by atoms with E-state index in [-0.39, 0.29) is 12.1 Å². The minimum absolute atomic E-state index is 0.246. The molecule has 0 amide bonds. The zero-order valence-electron chi connectivity index (χ0n) is 12.1. The summed E-state index contributed by atoms with van der Waals surface area (Å²) < 4.78 is 0. The van der Waals surface area contributed by atoms with Crippen molar-refractivity contribution in [1.82, 2.24) is 5.32 Å². The predicted molar refractivity (Wildman–Crippen MR) is 80.3 cm³/mol. The quantitative estimate of drug-likeness (QED) is 0.735. The minimum Gasteiger partial charge on any atom is -0.387 e. The summed E-state index contributed by atoms with van der Waals surface area (Å²) in [5.41, 5.74) is 2.45. The molecular formula is C17H27NO. The van der Waals surface area contributed by atoms with E-state index in [9.17, 15) is 5.11 Å². The number of nitrogens with one attached hydrogen (secondary N) is 1. The second-order valence-corrected chi connectivity index (χ2v) is 5.70. The maximum Gasteiger partial charge on any atom is 0.0942 e. The van der Waals surface area contributed by atoms with E-state index in [1.807, 2.05) is 0 Å². The maximum atomic E-state index is 10.3. The number of rotatable bonds is 7. The van der Waals surface area contributed by atoms with Gasteiger partial charge in [0.05, 0.1) is 6.10 Å². The lowest BCUT2D eigenvalue weighted by Crippen LogP contribution is -2.28. The van der Waals surface area contributed by atoms with Gasteiger partial charge in [-0.15, -0.1) is 0 Å². The third kappa shape index (κ3) is 4.32. The number of hydrogen-bond donors (Lipinski definition) is 2. The molecule has 1 fully saturated rings. The van der Waals surface area contributed by atoms with E-state index in [4.69, 9.17) is 0 Å². The molecule has 1 saturated heterocycles. The van der Waals surface area contributed by atoms with E-state index in [1.165, 1.54) is 37.7 Å². The van der Waals surface area contributed by atoms with Gasteiger partial charge in [-0.3, -0.25) is 0 Å². The molecule has 1 aliphatic heterocycles. The van der Waals surface area contributed by atoms with Gasteiger partial charge in [0.2, 0.25) is 0 Å². The molecule has 2 unspecified atom stereocenters. The molecule has 2 nitrogen and oxygen atoms in total. The normalized spacial score (nSPS) is 20.6. The predicted octanol–water partition coefficient (Wildman–Crippen LogP) is 3.59. The van der Waals surface area contributed by atoms with Crippen LogP contribution in [0.3, 0.4) is 0 Å². The van der Waals surface area contributed by atoms with Gasteiger partial charge in [-0.1, -0.05) is 50.5 Å². The van der Waals surface area contributed by atoms with Crippen LogP contribution in [-0.4, -0.2) is 17.7 Å². The smallest absolute Gasteiger partial charge is 0.0942 e. The van der Waals surface area contributed by atoms with Gasteiger partial charge in [-0.2, -0.15) is 0 Å². The van der Waals surface area contributed by atoms with Crippen molar-refractivity contribution in [2.45, 2.75) is 64.0 Å². The average molecular weight is 261 g/mol. The van der Waals surface area contributed by atoms with Gasteiger partial charge in [-0.05, 0) is 43.4 Å². The molecule has 0 bridgehead atoms. The van der Waals surface area contributed by atoms with E-state index in [2.05, 4.69) is 36.5 Å². The molecule has 2 rings (SSSR count). The third-order valence-corrected chi connectivity index (χ3v) is 4.12. The van der Waals surface area contributed by atoms with Crippen molar-refractivity contribution < 1.29 is 5.11 Å². The summed E-state index contributed by atoms with van der Waals surface area (Å²) >= 11 is 0. The molecule has 1 aromatic rings. The standard InChI is InChI=1S/C17H27NO/c1-2-3-4-5-7-14-9-11-15(12-10-14)17(19)16-8-6-13-18-16/h9-12,16-19H,2-8,13H2,1H3. The summed E-state index contributed by atoms with van der Waals surface area (Å²) in [4.78, 5) is 0. The fourth-order valence-corrected chi connectivity index (χ4v) is 2.85. The molecule has 0 spiro atoms. The van der Waals surface area contributed by atoms with Crippen LogP contribution < -0.4 is 5.32 Å². The van der Waals surface area contributed by atoms with Crippen molar-refractivity contribution in [2.24, 2.45) is 0 Å². The van der Waals surface area contributed by atoms with Gasteiger partial charge in [-0.25, -0.2) is 0 Å². The largest absolute Gasteiger partial charge is 0.387 e. The average Bonchev–Trinajstić information content (AvgIpc) is 2.98. The number of unbranched alkanes of at least 4 members (excludes halogenated alkanes) is 3. The highest BCUT2D eigenvalue weighted by Gasteiger charge is 2.23. The van der Waals surface area contributed by atoms with Crippen LogP contribution in [0.5, 0.6) is 0 Å². The number of benzene rings is 1. The Balaban J connectivity index is 1.83. The first-order valence-electron chi connectivity index (χ1n) is 7.81. The summed E-state index contributed by atoms with van der Waals surface area (Å²) in [6, 6.07) is 8.80. The first-order valence-corrected chi connectivity index (χ1v) is 7.81. The fourth-order valence-electron chi connectivity index (χ4n) is 2.85. The van der Waals surface area contributed by atoms with Crippen molar-refractivity contribution in [3.05, 3.63) is 35.4 Å². The third-order valence-electron chi connectivity index (χ3n) is 4.12. The number of aryl methyl sites for hydroxylation is 1. The lowest BCUT2D eigenvalue weighted by molar-refractivity contribution is 0.137. The van der Waals surface area contributed by atoms with E-state index < -0.39 is 0 Å². The fraction of sp³-hybridized carbons (Fsp3) is 0.647. The zero-order valence-corrected chi connectivity index (χ0v) is 12.1. The summed E-state index contributed by atoms with van der Waals surface area (Å²) in [7, 11) is 0. The monoisotopic (exact) mass is 261 g/mol. The minimum atomic E-state index is -0.350. The summed E-state index contributed by atoms with van der Waals surface area (Å²) in [5, 5.41) is 13.7. The van der Waals surface area contributed by atoms with Gasteiger partial charge >= 0.3 is 0 Å². The molecule has 106 valence electrons. The van der Waals surface area contributed by atoms with Crippen molar-refractivity contribution >= 4 is 0 Å². The van der Waals surface area contributed by atoms with Crippen molar-refractivity contribution in [3.63, 3.8) is 0 Å². The molecule has 1 aliphatic rings. The van der Waals surface area contributed by atoms with Crippen LogP contribution in [0.15, 0.2) is 24.3 Å². The molecule has 1 aromatic carbocycles. The first-order chi connectivity index (χ1) is 9.31. The van der Waals surface area contributed by atoms with Crippen LogP contribution in [0.25, 0.3) is 0 Å². The highest BCUT2D eigenvalue weighted by atomic mass is 16.3. The Morgan fingerprint density at radius 2 is 2.00 bits per heavy atom. The molecule has 1 heterocycles. The van der Waals surface area contributed by atoms with E-state index in [0.717, 1.165) is 24.9 Å². The van der Waals surface area contributed by atoms with Gasteiger partial charge in [0.1, 0.15) is 0 Å². The van der Waals surface area contributed by atoms with Gasteiger partial charge in [0.25, 0.3) is 0 Å². The molecule has 0 radical (unpaired) electrons. The Kier molecular flexibility index (Phi) is 5.87. The SMILES string of the molecule is CCCCCCc1ccc(C(O)C2CCCN2)cc1. The summed E-state index contributed by atoms with van der Waals surface area (Å²) in [6.07, 6.45) is 8.31. The first kappa shape index (κ1) is 14.5. The Morgan fingerprint density at radius 3 is 2.63 bits per heavy atom. The van der Waals surface area contributed by atoms with E-state index >= 15 is 0 Å². The van der Waals surface area contributed by atoms with Crippen LogP contribution in [0, 0.1) is 0 Å². The number of hydrogen-bond acceptors (Lipinski definition) is 2. The Morgan fingerprint density at radius 1 is 1.21 bits per heavy atom. The summed E-state index contributed by atoms with van der Waals surface area (Å²) in [5.74, 6) is 0. The summed E-state index contributed by atoms with van der Waals surface area (Å²) in [6.45, 7) is 3.28. The molecule has 2 atom stereocenters. The van der Waals surface area contributed by atoms with E-state index in [0.29, 0.717) is 0 Å².